The summed E-state index contributed by atoms with van der Waals surface area (Å²) in [5.74, 6) is 0.804. The van der Waals surface area contributed by atoms with Crippen LogP contribution in [0.1, 0.15) is 25.6 Å². The van der Waals surface area contributed by atoms with E-state index in [-0.39, 0.29) is 6.61 Å². The number of aryl methyl sites for hydroxylation is 1. The summed E-state index contributed by atoms with van der Waals surface area (Å²) in [7, 11) is 0. The van der Waals surface area contributed by atoms with E-state index in [1.165, 1.54) is 6.33 Å². The van der Waals surface area contributed by atoms with Crippen LogP contribution in [-0.2, 0) is 13.0 Å². The fraction of sp³-hybridized carbons (Fsp3) is 0.778. The molecule has 14 heavy (non-hydrogen) atoms. The Bertz CT molecular complexity index is 262. The highest BCUT2D eigenvalue weighted by Crippen LogP contribution is 2.04. The molecule has 0 aliphatic carbocycles. The van der Waals surface area contributed by atoms with E-state index in [0.29, 0.717) is 19.3 Å². The van der Waals surface area contributed by atoms with E-state index >= 15 is 0 Å². The molecule has 1 rings (SSSR count). The monoisotopic (exact) mass is 199 g/mol. The predicted molar refractivity (Wildman–Crippen MR) is 51.7 cm³/mol. The molecule has 0 radical (unpaired) electrons. The molecule has 0 bridgehead atoms. The van der Waals surface area contributed by atoms with E-state index in [2.05, 4.69) is 10.1 Å². The van der Waals surface area contributed by atoms with Gasteiger partial charge in [0.2, 0.25) is 0 Å². The summed E-state index contributed by atoms with van der Waals surface area (Å²) in [6.07, 6.45) is 2.80. The second kappa shape index (κ2) is 5.72. The summed E-state index contributed by atoms with van der Waals surface area (Å²) in [5.41, 5.74) is 0. The molecule has 2 N–H and O–H groups in total. The van der Waals surface area contributed by atoms with Crippen molar-refractivity contribution < 1.29 is 10.2 Å². The number of hydrogen-bond acceptors (Lipinski definition) is 4. The predicted octanol–water partition coefficient (Wildman–Crippen LogP) is -0.0261. The van der Waals surface area contributed by atoms with Crippen molar-refractivity contribution in [3.8, 4) is 0 Å². The van der Waals surface area contributed by atoms with Crippen molar-refractivity contribution in [3.63, 3.8) is 0 Å². The molecule has 0 saturated heterocycles. The molecule has 1 atom stereocenters. The molecule has 80 valence electrons. The molecule has 0 amide bonds. The largest absolute Gasteiger partial charge is 0.396 e. The maximum atomic E-state index is 9.58. The number of aromatic nitrogens is 3. The van der Waals surface area contributed by atoms with Gasteiger partial charge in [-0.05, 0) is 19.8 Å². The third-order valence-corrected chi connectivity index (χ3v) is 2.11. The second-order valence-corrected chi connectivity index (χ2v) is 3.22. The van der Waals surface area contributed by atoms with Crippen molar-refractivity contribution in [2.75, 3.05) is 6.61 Å². The Morgan fingerprint density at radius 2 is 2.36 bits per heavy atom. The highest BCUT2D eigenvalue weighted by molar-refractivity contribution is 4.87. The van der Waals surface area contributed by atoms with Crippen LogP contribution in [0.2, 0.25) is 0 Å². The van der Waals surface area contributed by atoms with Gasteiger partial charge in [-0.25, -0.2) is 4.98 Å². The molecule has 1 aromatic rings. The van der Waals surface area contributed by atoms with E-state index in [4.69, 9.17) is 5.11 Å². The Hall–Kier alpha value is -0.940. The first-order valence-corrected chi connectivity index (χ1v) is 4.93. The van der Waals surface area contributed by atoms with Crippen LogP contribution in [-0.4, -0.2) is 37.7 Å². The first-order valence-electron chi connectivity index (χ1n) is 4.93. The molecule has 1 heterocycles. The van der Waals surface area contributed by atoms with Crippen molar-refractivity contribution in [1.82, 2.24) is 14.8 Å². The first-order chi connectivity index (χ1) is 6.77. The first kappa shape index (κ1) is 11.1. The van der Waals surface area contributed by atoms with E-state index in [1.54, 1.807) is 4.68 Å². The fourth-order valence-electron chi connectivity index (χ4n) is 1.35. The number of aliphatic hydroxyl groups excluding tert-OH is 2. The van der Waals surface area contributed by atoms with Crippen LogP contribution in [0.25, 0.3) is 0 Å². The standard InChI is InChI=1S/C9H17N3O2/c1-2-12-9(10-7-11-12)6-8(14)4-3-5-13/h7-8,13-14H,2-6H2,1H3. The average molecular weight is 199 g/mol. The smallest absolute Gasteiger partial charge is 0.138 e. The Labute approximate surface area is 83.4 Å². The molecule has 1 aromatic heterocycles. The van der Waals surface area contributed by atoms with Gasteiger partial charge in [-0.15, -0.1) is 0 Å². The lowest BCUT2D eigenvalue weighted by molar-refractivity contribution is 0.146. The third kappa shape index (κ3) is 3.08. The Morgan fingerprint density at radius 3 is 3.00 bits per heavy atom. The lowest BCUT2D eigenvalue weighted by Gasteiger charge is -2.09. The molecule has 1 unspecified atom stereocenters. The van der Waals surface area contributed by atoms with Gasteiger partial charge >= 0.3 is 0 Å². The van der Waals surface area contributed by atoms with Gasteiger partial charge < -0.3 is 10.2 Å². The Kier molecular flexibility index (Phi) is 4.55. The van der Waals surface area contributed by atoms with Gasteiger partial charge in [-0.1, -0.05) is 0 Å². The van der Waals surface area contributed by atoms with Gasteiger partial charge in [-0.3, -0.25) is 4.68 Å². The molecule has 0 spiro atoms. The van der Waals surface area contributed by atoms with Crippen LogP contribution in [0, 0.1) is 0 Å². The molecule has 5 nitrogen and oxygen atoms in total. The molecule has 0 saturated carbocycles. The third-order valence-electron chi connectivity index (χ3n) is 2.11. The molecule has 0 aliphatic rings. The van der Waals surface area contributed by atoms with Crippen molar-refractivity contribution in [2.24, 2.45) is 0 Å². The van der Waals surface area contributed by atoms with Gasteiger partial charge in [0.05, 0.1) is 6.10 Å². The van der Waals surface area contributed by atoms with E-state index in [9.17, 15) is 5.11 Å². The van der Waals surface area contributed by atoms with Crippen molar-refractivity contribution in [2.45, 2.75) is 38.8 Å². The van der Waals surface area contributed by atoms with Gasteiger partial charge in [0, 0.05) is 19.6 Å². The summed E-state index contributed by atoms with van der Waals surface area (Å²) in [6.45, 7) is 2.87. The molecule has 0 aliphatic heterocycles. The lowest BCUT2D eigenvalue weighted by Crippen LogP contribution is -2.15. The maximum absolute atomic E-state index is 9.58. The van der Waals surface area contributed by atoms with Gasteiger partial charge in [0.1, 0.15) is 12.2 Å². The fourth-order valence-corrected chi connectivity index (χ4v) is 1.35. The van der Waals surface area contributed by atoms with Crippen molar-refractivity contribution in [1.29, 1.82) is 0 Å². The zero-order chi connectivity index (χ0) is 10.4. The average Bonchev–Trinajstić information content (AvgIpc) is 2.62. The lowest BCUT2D eigenvalue weighted by atomic mass is 10.1. The number of rotatable bonds is 6. The zero-order valence-corrected chi connectivity index (χ0v) is 8.43. The number of nitrogens with zero attached hydrogens (tertiary/aromatic N) is 3. The molecular formula is C9H17N3O2. The Morgan fingerprint density at radius 1 is 1.57 bits per heavy atom. The zero-order valence-electron chi connectivity index (χ0n) is 8.43. The topological polar surface area (TPSA) is 71.2 Å². The summed E-state index contributed by atoms with van der Waals surface area (Å²) in [5, 5.41) is 22.2. The summed E-state index contributed by atoms with van der Waals surface area (Å²) >= 11 is 0. The van der Waals surface area contributed by atoms with Crippen molar-refractivity contribution >= 4 is 0 Å². The van der Waals surface area contributed by atoms with Crippen LogP contribution in [0.15, 0.2) is 6.33 Å². The van der Waals surface area contributed by atoms with E-state index in [1.807, 2.05) is 6.92 Å². The second-order valence-electron chi connectivity index (χ2n) is 3.22. The van der Waals surface area contributed by atoms with Gasteiger partial charge in [0.25, 0.3) is 0 Å². The maximum Gasteiger partial charge on any atom is 0.138 e. The molecule has 0 aromatic carbocycles. The van der Waals surface area contributed by atoms with E-state index < -0.39 is 6.10 Å². The van der Waals surface area contributed by atoms with Crippen LogP contribution in [0.5, 0.6) is 0 Å². The highest BCUT2D eigenvalue weighted by Gasteiger charge is 2.09. The molecule has 0 fully saturated rings. The molecular weight excluding hydrogens is 182 g/mol. The normalized spacial score (nSPS) is 13.1. The van der Waals surface area contributed by atoms with Crippen molar-refractivity contribution in [3.05, 3.63) is 12.2 Å². The van der Waals surface area contributed by atoms with Gasteiger partial charge in [0.15, 0.2) is 0 Å². The quantitative estimate of drug-likeness (QED) is 0.675. The van der Waals surface area contributed by atoms with Crippen LogP contribution >= 0.6 is 0 Å². The Balaban J connectivity index is 2.42. The SMILES string of the molecule is CCn1ncnc1CC(O)CCCO. The minimum absolute atomic E-state index is 0.123. The minimum atomic E-state index is -0.434. The number of aliphatic hydroxyl groups is 2. The van der Waals surface area contributed by atoms with E-state index in [0.717, 1.165) is 12.4 Å². The van der Waals surface area contributed by atoms with Crippen LogP contribution in [0.4, 0.5) is 0 Å². The molecule has 5 heteroatoms. The van der Waals surface area contributed by atoms with Crippen LogP contribution < -0.4 is 0 Å². The number of hydrogen-bond donors (Lipinski definition) is 2. The summed E-state index contributed by atoms with van der Waals surface area (Å²) in [4.78, 5) is 4.06. The van der Waals surface area contributed by atoms with Crippen LogP contribution in [0.3, 0.4) is 0 Å². The summed E-state index contributed by atoms with van der Waals surface area (Å²) < 4.78 is 1.77. The minimum Gasteiger partial charge on any atom is -0.396 e. The summed E-state index contributed by atoms with van der Waals surface area (Å²) in [6, 6.07) is 0. The highest BCUT2D eigenvalue weighted by atomic mass is 16.3. The van der Waals surface area contributed by atoms with Gasteiger partial charge in [-0.2, -0.15) is 5.10 Å².